The molecule has 1 aromatic heterocycles. The number of carbonyl (C=O) groups is 1. The average molecular weight is 480 g/mol. The second-order valence-electron chi connectivity index (χ2n) is 6.94. The van der Waals surface area contributed by atoms with Crippen molar-refractivity contribution in [1.82, 2.24) is 10.3 Å². The lowest BCUT2D eigenvalue weighted by Crippen LogP contribution is -2.34. The van der Waals surface area contributed by atoms with E-state index in [1.165, 1.54) is 0 Å². The van der Waals surface area contributed by atoms with Gasteiger partial charge in [0.1, 0.15) is 5.52 Å². The van der Waals surface area contributed by atoms with E-state index in [0.29, 0.717) is 28.2 Å². The molecule has 5 nitrogen and oxygen atoms in total. The van der Waals surface area contributed by atoms with Gasteiger partial charge < -0.3 is 9.73 Å². The van der Waals surface area contributed by atoms with E-state index in [-0.39, 0.29) is 11.0 Å². The van der Waals surface area contributed by atoms with E-state index in [4.69, 9.17) is 16.6 Å². The van der Waals surface area contributed by atoms with Gasteiger partial charge in [-0.05, 0) is 80.2 Å². The fourth-order valence-corrected chi connectivity index (χ4v) is 3.60. The Kier molecular flexibility index (Phi) is 5.65. The number of nitrogens with zero attached hydrogens (tertiary/aromatic N) is 1. The highest BCUT2D eigenvalue weighted by molar-refractivity contribution is 9.10. The number of benzene rings is 3. The average Bonchev–Trinajstić information content (AvgIpc) is 3.11. The Labute approximate surface area is 187 Å². The van der Waals surface area contributed by atoms with Gasteiger partial charge in [-0.2, -0.15) is 0 Å². The summed E-state index contributed by atoms with van der Waals surface area (Å²) >= 11 is 8.73. The third-order valence-electron chi connectivity index (χ3n) is 4.59. The van der Waals surface area contributed by atoms with Crippen molar-refractivity contribution in [3.63, 3.8) is 0 Å². The van der Waals surface area contributed by atoms with Gasteiger partial charge in [0, 0.05) is 21.3 Å². The van der Waals surface area contributed by atoms with Crippen LogP contribution >= 0.6 is 28.1 Å². The summed E-state index contributed by atoms with van der Waals surface area (Å²) in [6.07, 6.45) is 0. The van der Waals surface area contributed by atoms with Crippen LogP contribution in [0.25, 0.3) is 22.6 Å². The third kappa shape index (κ3) is 4.42. The second kappa shape index (κ2) is 8.38. The maximum absolute atomic E-state index is 12.5. The maximum Gasteiger partial charge on any atom is 0.257 e. The summed E-state index contributed by atoms with van der Waals surface area (Å²) in [5, 5.41) is 5.97. The Balaban J connectivity index is 1.48. The number of nitrogens with one attached hydrogen (secondary N) is 2. The smallest absolute Gasteiger partial charge is 0.257 e. The number of oxazole rings is 1. The van der Waals surface area contributed by atoms with E-state index >= 15 is 0 Å². The number of carbonyl (C=O) groups excluding carboxylic acids is 1. The Hall–Kier alpha value is -3.03. The number of hydrogen-bond donors (Lipinski definition) is 2. The van der Waals surface area contributed by atoms with Gasteiger partial charge in [-0.3, -0.25) is 10.1 Å². The summed E-state index contributed by atoms with van der Waals surface area (Å²) in [4.78, 5) is 17.1. The summed E-state index contributed by atoms with van der Waals surface area (Å²) < 4.78 is 6.83. The molecule has 0 unspecified atom stereocenters. The van der Waals surface area contributed by atoms with Crippen LogP contribution in [0.15, 0.2) is 69.6 Å². The van der Waals surface area contributed by atoms with Gasteiger partial charge in [-0.25, -0.2) is 4.98 Å². The first-order valence-corrected chi connectivity index (χ1v) is 10.5. The quantitative estimate of drug-likeness (QED) is 0.352. The van der Waals surface area contributed by atoms with Crippen LogP contribution < -0.4 is 10.6 Å². The maximum atomic E-state index is 12.5. The van der Waals surface area contributed by atoms with E-state index in [2.05, 4.69) is 31.5 Å². The van der Waals surface area contributed by atoms with Crippen molar-refractivity contribution < 1.29 is 9.21 Å². The van der Waals surface area contributed by atoms with Crippen LogP contribution in [0.4, 0.5) is 5.69 Å². The predicted octanol–water partition coefficient (Wildman–Crippen LogP) is 6.00. The Morgan fingerprint density at radius 1 is 1.03 bits per heavy atom. The largest absolute Gasteiger partial charge is 0.436 e. The standard InChI is InChI=1S/C23H18BrN3O2S/c1-13-3-9-18(14(2)11-13)21(28)27-23(30)25-17-8-10-20-19(12-17)26-22(29-20)15-4-6-16(24)7-5-15/h3-12H,1-2H3,(H2,25,27,28,30). The van der Waals surface area contributed by atoms with Crippen LogP contribution in [-0.2, 0) is 0 Å². The lowest BCUT2D eigenvalue weighted by Gasteiger charge is -2.11. The van der Waals surface area contributed by atoms with Gasteiger partial charge in [0.15, 0.2) is 10.7 Å². The number of thiocarbonyl (C=S) groups is 1. The van der Waals surface area contributed by atoms with Crippen LogP contribution in [-0.4, -0.2) is 16.0 Å². The molecule has 0 fully saturated rings. The van der Waals surface area contributed by atoms with Gasteiger partial charge in [-0.15, -0.1) is 0 Å². The Morgan fingerprint density at radius 2 is 1.80 bits per heavy atom. The molecule has 150 valence electrons. The molecule has 0 aliphatic rings. The van der Waals surface area contributed by atoms with Crippen molar-refractivity contribution in [2.24, 2.45) is 0 Å². The first kappa shape index (κ1) is 20.3. The molecule has 0 spiro atoms. The number of hydrogen-bond acceptors (Lipinski definition) is 4. The number of rotatable bonds is 3. The summed E-state index contributed by atoms with van der Waals surface area (Å²) in [7, 11) is 0. The fraction of sp³-hybridized carbons (Fsp3) is 0.0870. The molecular formula is C23H18BrN3O2S. The highest BCUT2D eigenvalue weighted by Crippen LogP contribution is 2.27. The van der Waals surface area contributed by atoms with Gasteiger partial charge in [0.2, 0.25) is 5.89 Å². The molecule has 4 rings (SSSR count). The molecule has 0 aliphatic heterocycles. The summed E-state index contributed by atoms with van der Waals surface area (Å²) in [6, 6.07) is 18.9. The Bertz CT molecular complexity index is 1270. The highest BCUT2D eigenvalue weighted by Gasteiger charge is 2.12. The summed E-state index contributed by atoms with van der Waals surface area (Å²) in [5.74, 6) is 0.297. The molecule has 3 aromatic carbocycles. The van der Waals surface area contributed by atoms with Crippen LogP contribution in [0.1, 0.15) is 21.5 Å². The molecule has 1 heterocycles. The van der Waals surface area contributed by atoms with E-state index in [1.54, 1.807) is 6.07 Å². The highest BCUT2D eigenvalue weighted by atomic mass is 79.9. The zero-order valence-corrected chi connectivity index (χ0v) is 18.7. The normalized spacial score (nSPS) is 10.8. The summed E-state index contributed by atoms with van der Waals surface area (Å²) in [5.41, 5.74) is 5.57. The fourth-order valence-electron chi connectivity index (χ4n) is 3.12. The number of halogens is 1. The minimum Gasteiger partial charge on any atom is -0.436 e. The minimum absolute atomic E-state index is 0.218. The van der Waals surface area contributed by atoms with Crippen molar-refractivity contribution in [1.29, 1.82) is 0 Å². The number of aryl methyl sites for hydroxylation is 2. The van der Waals surface area contributed by atoms with E-state index in [1.807, 2.05) is 68.4 Å². The van der Waals surface area contributed by atoms with Crippen molar-refractivity contribution in [2.45, 2.75) is 13.8 Å². The molecule has 0 radical (unpaired) electrons. The third-order valence-corrected chi connectivity index (χ3v) is 5.32. The Morgan fingerprint density at radius 3 is 2.53 bits per heavy atom. The molecule has 30 heavy (non-hydrogen) atoms. The molecule has 0 atom stereocenters. The molecule has 7 heteroatoms. The monoisotopic (exact) mass is 479 g/mol. The molecule has 0 bridgehead atoms. The van der Waals surface area contributed by atoms with E-state index < -0.39 is 0 Å². The van der Waals surface area contributed by atoms with E-state index in [9.17, 15) is 4.79 Å². The zero-order chi connectivity index (χ0) is 21.3. The number of fused-ring (bicyclic) bond motifs is 1. The molecule has 4 aromatic rings. The minimum atomic E-state index is -0.245. The van der Waals surface area contributed by atoms with Gasteiger partial charge in [0.25, 0.3) is 5.91 Å². The number of amides is 1. The molecular weight excluding hydrogens is 462 g/mol. The second-order valence-corrected chi connectivity index (χ2v) is 8.26. The first-order chi connectivity index (χ1) is 14.4. The van der Waals surface area contributed by atoms with Gasteiger partial charge in [-0.1, -0.05) is 33.6 Å². The summed E-state index contributed by atoms with van der Waals surface area (Å²) in [6.45, 7) is 3.89. The van der Waals surface area contributed by atoms with Crippen molar-refractivity contribution in [3.05, 3.63) is 81.8 Å². The SMILES string of the molecule is Cc1ccc(C(=O)NC(=S)Nc2ccc3oc(-c4ccc(Br)cc4)nc3c2)c(C)c1. The molecule has 0 aliphatic carbocycles. The van der Waals surface area contributed by atoms with Crippen molar-refractivity contribution in [2.75, 3.05) is 5.32 Å². The van der Waals surface area contributed by atoms with Crippen LogP contribution in [0, 0.1) is 13.8 Å². The first-order valence-electron chi connectivity index (χ1n) is 9.25. The van der Waals surface area contributed by atoms with Gasteiger partial charge >= 0.3 is 0 Å². The molecule has 1 amide bonds. The topological polar surface area (TPSA) is 67.2 Å². The number of aromatic nitrogens is 1. The molecule has 2 N–H and O–H groups in total. The van der Waals surface area contributed by atoms with Crippen LogP contribution in [0.5, 0.6) is 0 Å². The predicted molar refractivity (Wildman–Crippen MR) is 127 cm³/mol. The lowest BCUT2D eigenvalue weighted by molar-refractivity contribution is 0.0977. The van der Waals surface area contributed by atoms with Crippen molar-refractivity contribution >= 4 is 56.0 Å². The zero-order valence-electron chi connectivity index (χ0n) is 16.3. The molecule has 0 saturated heterocycles. The van der Waals surface area contributed by atoms with Crippen LogP contribution in [0.2, 0.25) is 0 Å². The van der Waals surface area contributed by atoms with Crippen LogP contribution in [0.3, 0.4) is 0 Å². The van der Waals surface area contributed by atoms with Gasteiger partial charge in [0.05, 0.1) is 0 Å². The number of anilines is 1. The van der Waals surface area contributed by atoms with Crippen molar-refractivity contribution in [3.8, 4) is 11.5 Å². The van der Waals surface area contributed by atoms with E-state index in [0.717, 1.165) is 21.2 Å². The molecule has 0 saturated carbocycles. The lowest BCUT2D eigenvalue weighted by atomic mass is 10.1.